The monoisotopic (exact) mass is 427 g/mol. The Hall–Kier alpha value is -2.93. The van der Waals surface area contributed by atoms with Gasteiger partial charge >= 0.3 is 0 Å². The number of halogens is 1. The van der Waals surface area contributed by atoms with E-state index in [1.165, 1.54) is 16.8 Å². The van der Waals surface area contributed by atoms with E-state index in [0.717, 1.165) is 10.0 Å². The van der Waals surface area contributed by atoms with Crippen molar-refractivity contribution in [2.24, 2.45) is 0 Å². The highest BCUT2D eigenvalue weighted by molar-refractivity contribution is 9.10. The number of ether oxygens (including phenoxy) is 1. The molecule has 2 aromatic carbocycles. The van der Waals surface area contributed by atoms with Gasteiger partial charge in [0.05, 0.1) is 12.2 Å². The number of hydrogen-bond donors (Lipinski definition) is 1. The van der Waals surface area contributed by atoms with E-state index in [1.807, 2.05) is 49.4 Å². The number of rotatable bonds is 6. The molecule has 6 nitrogen and oxygen atoms in total. The van der Waals surface area contributed by atoms with E-state index < -0.39 is 5.91 Å². The molecule has 0 bridgehead atoms. The standard InChI is InChI=1S/C20H18BrN3O3/c1-14-7-8-17(16(21)13-14)22-20(26)18-9-10-19(25)24(23-18)11-12-27-15-5-3-2-4-6-15/h2-10,13H,11-12H2,1H3,(H,22,26). The van der Waals surface area contributed by atoms with Crippen molar-refractivity contribution in [2.45, 2.75) is 13.5 Å². The van der Waals surface area contributed by atoms with Gasteiger partial charge in [-0.2, -0.15) is 5.10 Å². The molecule has 27 heavy (non-hydrogen) atoms. The highest BCUT2D eigenvalue weighted by Crippen LogP contribution is 2.23. The van der Waals surface area contributed by atoms with Crippen molar-refractivity contribution in [3.63, 3.8) is 0 Å². The average molecular weight is 428 g/mol. The molecule has 0 aliphatic rings. The van der Waals surface area contributed by atoms with Gasteiger partial charge in [0.25, 0.3) is 11.5 Å². The summed E-state index contributed by atoms with van der Waals surface area (Å²) in [7, 11) is 0. The summed E-state index contributed by atoms with van der Waals surface area (Å²) >= 11 is 3.42. The van der Waals surface area contributed by atoms with Gasteiger partial charge in [0, 0.05) is 10.5 Å². The highest BCUT2D eigenvalue weighted by Gasteiger charge is 2.12. The van der Waals surface area contributed by atoms with E-state index in [1.54, 1.807) is 6.07 Å². The van der Waals surface area contributed by atoms with E-state index >= 15 is 0 Å². The van der Waals surface area contributed by atoms with Gasteiger partial charge in [-0.1, -0.05) is 24.3 Å². The van der Waals surface area contributed by atoms with Crippen LogP contribution in [-0.4, -0.2) is 22.3 Å². The number of para-hydroxylation sites is 1. The quantitative estimate of drug-likeness (QED) is 0.651. The number of carbonyl (C=O) groups is 1. The van der Waals surface area contributed by atoms with Crippen molar-refractivity contribution in [3.8, 4) is 5.75 Å². The maximum absolute atomic E-state index is 12.5. The van der Waals surface area contributed by atoms with E-state index in [2.05, 4.69) is 26.3 Å². The van der Waals surface area contributed by atoms with Crippen molar-refractivity contribution >= 4 is 27.5 Å². The lowest BCUT2D eigenvalue weighted by Gasteiger charge is -2.10. The molecule has 0 unspecified atom stereocenters. The number of aromatic nitrogens is 2. The smallest absolute Gasteiger partial charge is 0.276 e. The van der Waals surface area contributed by atoms with Gasteiger partial charge in [0.15, 0.2) is 0 Å². The summed E-state index contributed by atoms with van der Waals surface area (Å²) in [5.74, 6) is 0.320. The Bertz CT molecular complexity index is 1000. The molecule has 0 atom stereocenters. The van der Waals surface area contributed by atoms with Crippen molar-refractivity contribution in [3.05, 3.63) is 86.7 Å². The van der Waals surface area contributed by atoms with Gasteiger partial charge in [0.2, 0.25) is 0 Å². The summed E-state index contributed by atoms with van der Waals surface area (Å²) in [6.45, 7) is 2.47. The Morgan fingerprint density at radius 2 is 1.93 bits per heavy atom. The zero-order valence-corrected chi connectivity index (χ0v) is 16.3. The Kier molecular flexibility index (Phi) is 6.03. The van der Waals surface area contributed by atoms with Crippen LogP contribution in [0.15, 0.2) is 69.9 Å². The molecular weight excluding hydrogens is 410 g/mol. The minimum Gasteiger partial charge on any atom is -0.492 e. The van der Waals surface area contributed by atoms with Crippen LogP contribution in [0, 0.1) is 6.92 Å². The molecule has 0 saturated carbocycles. The molecule has 0 spiro atoms. The second kappa shape index (κ2) is 8.64. The average Bonchev–Trinajstić information content (AvgIpc) is 2.66. The molecule has 3 aromatic rings. The Morgan fingerprint density at radius 3 is 2.67 bits per heavy atom. The SMILES string of the molecule is Cc1ccc(NC(=O)c2ccc(=O)n(CCOc3ccccc3)n2)c(Br)c1. The molecule has 7 heteroatoms. The Labute approximate surface area is 164 Å². The van der Waals surface area contributed by atoms with Crippen molar-refractivity contribution in [1.29, 1.82) is 0 Å². The van der Waals surface area contributed by atoms with Gasteiger partial charge in [-0.15, -0.1) is 0 Å². The first kappa shape index (κ1) is 18.8. The molecule has 138 valence electrons. The van der Waals surface area contributed by atoms with Crippen molar-refractivity contribution in [1.82, 2.24) is 9.78 Å². The maximum Gasteiger partial charge on any atom is 0.276 e. The first-order valence-electron chi connectivity index (χ1n) is 8.36. The molecule has 1 heterocycles. The van der Waals surface area contributed by atoms with E-state index in [4.69, 9.17) is 4.74 Å². The second-order valence-electron chi connectivity index (χ2n) is 5.88. The van der Waals surface area contributed by atoms with Crippen LogP contribution in [0.1, 0.15) is 16.1 Å². The molecule has 0 fully saturated rings. The molecular formula is C20H18BrN3O3. The van der Waals surface area contributed by atoms with Gasteiger partial charge < -0.3 is 10.1 Å². The third-order valence-corrected chi connectivity index (χ3v) is 4.44. The van der Waals surface area contributed by atoms with Gasteiger partial charge in [-0.3, -0.25) is 9.59 Å². The normalized spacial score (nSPS) is 10.4. The molecule has 0 aliphatic carbocycles. The number of carbonyl (C=O) groups excluding carboxylic acids is 1. The summed E-state index contributed by atoms with van der Waals surface area (Å²) in [6.07, 6.45) is 0. The molecule has 1 aromatic heterocycles. The third-order valence-electron chi connectivity index (χ3n) is 3.79. The van der Waals surface area contributed by atoms with Crippen LogP contribution < -0.4 is 15.6 Å². The lowest BCUT2D eigenvalue weighted by Crippen LogP contribution is -2.28. The number of nitrogens with one attached hydrogen (secondary N) is 1. The first-order valence-corrected chi connectivity index (χ1v) is 9.16. The topological polar surface area (TPSA) is 73.2 Å². The number of hydrogen-bond acceptors (Lipinski definition) is 4. The highest BCUT2D eigenvalue weighted by atomic mass is 79.9. The number of benzene rings is 2. The van der Waals surface area contributed by atoms with Crippen molar-refractivity contribution < 1.29 is 9.53 Å². The lowest BCUT2D eigenvalue weighted by atomic mass is 10.2. The zero-order chi connectivity index (χ0) is 19.2. The molecule has 3 rings (SSSR count). The van der Waals surface area contributed by atoms with E-state index in [9.17, 15) is 9.59 Å². The minimum atomic E-state index is -0.391. The fraction of sp³-hybridized carbons (Fsp3) is 0.150. The molecule has 1 amide bonds. The Balaban J connectivity index is 1.68. The largest absolute Gasteiger partial charge is 0.492 e. The van der Waals surface area contributed by atoms with Crippen LogP contribution in [0.25, 0.3) is 0 Å². The fourth-order valence-electron chi connectivity index (χ4n) is 2.40. The second-order valence-corrected chi connectivity index (χ2v) is 6.73. The van der Waals surface area contributed by atoms with Gasteiger partial charge in [-0.25, -0.2) is 4.68 Å². The van der Waals surface area contributed by atoms with Crippen LogP contribution in [-0.2, 0) is 6.54 Å². The summed E-state index contributed by atoms with van der Waals surface area (Å²) in [5.41, 5.74) is 1.57. The first-order chi connectivity index (χ1) is 13.0. The molecule has 1 N–H and O–H groups in total. The number of anilines is 1. The number of nitrogens with zero attached hydrogens (tertiary/aromatic N) is 2. The van der Waals surface area contributed by atoms with E-state index in [-0.39, 0.29) is 24.4 Å². The van der Waals surface area contributed by atoms with E-state index in [0.29, 0.717) is 11.4 Å². The summed E-state index contributed by atoms with van der Waals surface area (Å²) < 4.78 is 7.58. The number of amides is 1. The van der Waals surface area contributed by atoms with Crippen LogP contribution in [0.3, 0.4) is 0 Å². The van der Waals surface area contributed by atoms with Crippen LogP contribution in [0.4, 0.5) is 5.69 Å². The Morgan fingerprint density at radius 1 is 1.15 bits per heavy atom. The van der Waals surface area contributed by atoms with Crippen LogP contribution in [0.5, 0.6) is 5.75 Å². The van der Waals surface area contributed by atoms with Crippen molar-refractivity contribution in [2.75, 3.05) is 11.9 Å². The fourth-order valence-corrected chi connectivity index (χ4v) is 3.00. The molecule has 0 aliphatic heterocycles. The summed E-state index contributed by atoms with van der Waals surface area (Å²) in [4.78, 5) is 24.5. The number of aryl methyl sites for hydroxylation is 1. The molecule has 0 saturated heterocycles. The predicted molar refractivity (Wildman–Crippen MR) is 107 cm³/mol. The zero-order valence-electron chi connectivity index (χ0n) is 14.7. The minimum absolute atomic E-state index is 0.154. The summed E-state index contributed by atoms with van der Waals surface area (Å²) in [6, 6.07) is 17.7. The van der Waals surface area contributed by atoms with Crippen LogP contribution in [0.2, 0.25) is 0 Å². The summed E-state index contributed by atoms with van der Waals surface area (Å²) in [5, 5.41) is 6.93. The van der Waals surface area contributed by atoms with Gasteiger partial charge in [-0.05, 0) is 58.7 Å². The van der Waals surface area contributed by atoms with Gasteiger partial charge in [0.1, 0.15) is 18.1 Å². The third kappa shape index (κ3) is 5.04. The van der Waals surface area contributed by atoms with Crippen LogP contribution >= 0.6 is 15.9 Å². The lowest BCUT2D eigenvalue weighted by molar-refractivity contribution is 0.101. The maximum atomic E-state index is 12.5. The predicted octanol–water partition coefficient (Wildman–Crippen LogP) is 3.65. The molecule has 0 radical (unpaired) electrons.